The Hall–Kier alpha value is -4.89. The third-order valence-corrected chi connectivity index (χ3v) is 6.73. The van der Waals surface area contributed by atoms with E-state index in [1.165, 1.54) is 32.3 Å². The van der Waals surface area contributed by atoms with Gasteiger partial charge >= 0.3 is 0 Å². The highest BCUT2D eigenvalue weighted by Crippen LogP contribution is 2.34. The van der Waals surface area contributed by atoms with Crippen LogP contribution in [0.2, 0.25) is 0 Å². The van der Waals surface area contributed by atoms with Crippen LogP contribution in [0.5, 0.6) is 0 Å². The van der Waals surface area contributed by atoms with Crippen LogP contribution in [0.3, 0.4) is 0 Å². The van der Waals surface area contributed by atoms with E-state index in [0.717, 1.165) is 28.1 Å². The number of pyridine rings is 1. The van der Waals surface area contributed by atoms with Gasteiger partial charge in [-0.15, -0.1) is 0 Å². The summed E-state index contributed by atoms with van der Waals surface area (Å²) in [7, 11) is 0. The summed E-state index contributed by atoms with van der Waals surface area (Å²) in [6.07, 6.45) is 3.57. The molecule has 0 bridgehead atoms. The van der Waals surface area contributed by atoms with Gasteiger partial charge in [0.25, 0.3) is 0 Å². The van der Waals surface area contributed by atoms with Crippen LogP contribution in [0, 0.1) is 0 Å². The summed E-state index contributed by atoms with van der Waals surface area (Å²) >= 11 is 0. The molecule has 36 heavy (non-hydrogen) atoms. The molecule has 0 unspecified atom stereocenters. The SMILES string of the molecule is c1ccc2cc(-c3cc(-c4cccc5cc6ccccc6cc45)nc(-c4ccncc4)n3)ccc2c1. The van der Waals surface area contributed by atoms with Gasteiger partial charge < -0.3 is 0 Å². The van der Waals surface area contributed by atoms with E-state index in [2.05, 4.69) is 108 Å². The highest BCUT2D eigenvalue weighted by Gasteiger charge is 2.13. The molecule has 7 aromatic rings. The minimum Gasteiger partial charge on any atom is -0.265 e. The third-order valence-electron chi connectivity index (χ3n) is 6.73. The zero-order valence-corrected chi connectivity index (χ0v) is 19.5. The van der Waals surface area contributed by atoms with Gasteiger partial charge in [0.2, 0.25) is 0 Å². The van der Waals surface area contributed by atoms with Crippen LogP contribution in [0.4, 0.5) is 0 Å². The number of hydrogen-bond acceptors (Lipinski definition) is 3. The Morgan fingerprint density at radius 1 is 0.417 bits per heavy atom. The van der Waals surface area contributed by atoms with Gasteiger partial charge in [-0.3, -0.25) is 4.98 Å². The molecule has 0 spiro atoms. The summed E-state index contributed by atoms with van der Waals surface area (Å²) in [5.41, 5.74) is 4.91. The normalized spacial score (nSPS) is 11.3. The summed E-state index contributed by atoms with van der Waals surface area (Å²) in [5, 5.41) is 7.24. The molecule has 2 aromatic heterocycles. The van der Waals surface area contributed by atoms with Gasteiger partial charge in [-0.25, -0.2) is 9.97 Å². The Bertz CT molecular complexity index is 1890. The zero-order chi connectivity index (χ0) is 23.9. The fourth-order valence-electron chi connectivity index (χ4n) is 4.90. The van der Waals surface area contributed by atoms with Crippen molar-refractivity contribution < 1.29 is 0 Å². The monoisotopic (exact) mass is 459 g/mol. The van der Waals surface area contributed by atoms with E-state index in [4.69, 9.17) is 9.97 Å². The van der Waals surface area contributed by atoms with Crippen molar-refractivity contribution in [2.24, 2.45) is 0 Å². The number of hydrogen-bond donors (Lipinski definition) is 0. The van der Waals surface area contributed by atoms with E-state index >= 15 is 0 Å². The molecule has 0 radical (unpaired) electrons. The van der Waals surface area contributed by atoms with Crippen LogP contribution in [0.1, 0.15) is 0 Å². The lowest BCUT2D eigenvalue weighted by atomic mass is 9.97. The molecule has 0 aliphatic heterocycles. The molecule has 3 heteroatoms. The molecule has 5 aromatic carbocycles. The Morgan fingerprint density at radius 3 is 1.89 bits per heavy atom. The molecule has 0 aliphatic carbocycles. The number of fused-ring (bicyclic) bond motifs is 3. The molecule has 0 saturated carbocycles. The molecule has 0 atom stereocenters. The summed E-state index contributed by atoms with van der Waals surface area (Å²) in [4.78, 5) is 14.2. The molecule has 0 amide bonds. The van der Waals surface area contributed by atoms with E-state index in [0.29, 0.717) is 5.82 Å². The van der Waals surface area contributed by atoms with E-state index < -0.39 is 0 Å². The molecule has 0 aliphatic rings. The Kier molecular flexibility index (Phi) is 4.78. The maximum absolute atomic E-state index is 5.05. The quantitative estimate of drug-likeness (QED) is 0.249. The van der Waals surface area contributed by atoms with Crippen LogP contribution in [-0.2, 0) is 0 Å². The van der Waals surface area contributed by atoms with E-state index in [1.54, 1.807) is 12.4 Å². The van der Waals surface area contributed by atoms with Crippen LogP contribution < -0.4 is 0 Å². The van der Waals surface area contributed by atoms with Gasteiger partial charge in [0.05, 0.1) is 11.4 Å². The lowest BCUT2D eigenvalue weighted by molar-refractivity contribution is 1.18. The number of benzene rings is 5. The van der Waals surface area contributed by atoms with Crippen molar-refractivity contribution in [2.75, 3.05) is 0 Å². The second kappa shape index (κ2) is 8.40. The van der Waals surface area contributed by atoms with Crippen molar-refractivity contribution in [1.29, 1.82) is 0 Å². The highest BCUT2D eigenvalue weighted by molar-refractivity contribution is 6.04. The molecular formula is C33H21N3. The molecule has 3 nitrogen and oxygen atoms in total. The average Bonchev–Trinajstić information content (AvgIpc) is 2.95. The summed E-state index contributed by atoms with van der Waals surface area (Å²) in [6.45, 7) is 0. The minimum absolute atomic E-state index is 0.691. The van der Waals surface area contributed by atoms with Gasteiger partial charge in [0.1, 0.15) is 0 Å². The molecule has 0 N–H and O–H groups in total. The fourth-order valence-corrected chi connectivity index (χ4v) is 4.90. The van der Waals surface area contributed by atoms with Gasteiger partial charge in [-0.1, -0.05) is 78.9 Å². The van der Waals surface area contributed by atoms with Gasteiger partial charge in [-0.05, 0) is 68.7 Å². The first-order chi connectivity index (χ1) is 17.8. The highest BCUT2D eigenvalue weighted by atomic mass is 14.9. The Balaban J connectivity index is 1.49. The molecule has 0 saturated heterocycles. The molecule has 0 fully saturated rings. The van der Waals surface area contributed by atoms with Crippen molar-refractivity contribution in [3.05, 3.63) is 128 Å². The van der Waals surface area contributed by atoms with Crippen LogP contribution in [0.15, 0.2) is 128 Å². The van der Waals surface area contributed by atoms with E-state index in [-0.39, 0.29) is 0 Å². The minimum atomic E-state index is 0.691. The second-order valence-corrected chi connectivity index (χ2v) is 8.99. The largest absolute Gasteiger partial charge is 0.265 e. The summed E-state index contributed by atoms with van der Waals surface area (Å²) in [6, 6.07) is 40.4. The summed E-state index contributed by atoms with van der Waals surface area (Å²) in [5.74, 6) is 0.691. The Labute approximate surface area is 208 Å². The lowest BCUT2D eigenvalue weighted by Gasteiger charge is -2.12. The molecule has 2 heterocycles. The third kappa shape index (κ3) is 3.58. The van der Waals surface area contributed by atoms with Crippen molar-refractivity contribution in [1.82, 2.24) is 15.0 Å². The first-order valence-corrected chi connectivity index (χ1v) is 12.0. The maximum Gasteiger partial charge on any atom is 0.160 e. The molecule has 168 valence electrons. The number of aromatic nitrogens is 3. The Morgan fingerprint density at radius 2 is 1.08 bits per heavy atom. The zero-order valence-electron chi connectivity index (χ0n) is 19.5. The van der Waals surface area contributed by atoms with Crippen LogP contribution >= 0.6 is 0 Å². The van der Waals surface area contributed by atoms with Crippen molar-refractivity contribution in [3.63, 3.8) is 0 Å². The topological polar surface area (TPSA) is 38.7 Å². The van der Waals surface area contributed by atoms with Crippen LogP contribution in [-0.4, -0.2) is 15.0 Å². The first-order valence-electron chi connectivity index (χ1n) is 12.0. The van der Waals surface area contributed by atoms with Crippen molar-refractivity contribution in [3.8, 4) is 33.9 Å². The van der Waals surface area contributed by atoms with Crippen molar-refractivity contribution in [2.45, 2.75) is 0 Å². The van der Waals surface area contributed by atoms with Crippen molar-refractivity contribution >= 4 is 32.3 Å². The van der Waals surface area contributed by atoms with Gasteiger partial charge in [0.15, 0.2) is 5.82 Å². The first kappa shape index (κ1) is 20.5. The lowest BCUT2D eigenvalue weighted by Crippen LogP contribution is -1.96. The average molecular weight is 460 g/mol. The fraction of sp³-hybridized carbons (Fsp3) is 0. The maximum atomic E-state index is 5.05. The molecule has 7 rings (SSSR count). The predicted molar refractivity (Wildman–Crippen MR) is 149 cm³/mol. The van der Waals surface area contributed by atoms with E-state index in [1.807, 2.05) is 12.1 Å². The summed E-state index contributed by atoms with van der Waals surface area (Å²) < 4.78 is 0. The standard InChI is InChI=1S/C33H21N3/c1-2-7-24-19-28(13-12-22(24)6-1)31-21-32(36-33(35-31)23-14-16-34-17-15-23)29-11-5-10-27-18-25-8-3-4-9-26(25)20-30(27)29/h1-21H. The van der Waals surface area contributed by atoms with Gasteiger partial charge in [0, 0.05) is 29.1 Å². The second-order valence-electron chi connectivity index (χ2n) is 8.99. The smallest absolute Gasteiger partial charge is 0.160 e. The van der Waals surface area contributed by atoms with Crippen LogP contribution in [0.25, 0.3) is 66.2 Å². The van der Waals surface area contributed by atoms with E-state index in [9.17, 15) is 0 Å². The number of nitrogens with zero attached hydrogens (tertiary/aromatic N) is 3. The van der Waals surface area contributed by atoms with Gasteiger partial charge in [-0.2, -0.15) is 0 Å². The molecular weight excluding hydrogens is 438 g/mol. The number of rotatable bonds is 3. The predicted octanol–water partition coefficient (Wildman–Crippen LogP) is 8.33.